The van der Waals surface area contributed by atoms with Gasteiger partial charge in [0.1, 0.15) is 0 Å². The average Bonchev–Trinajstić information content (AvgIpc) is 2.47. The van der Waals surface area contributed by atoms with Crippen LogP contribution in [0.1, 0.15) is 31.4 Å². The molecule has 0 radical (unpaired) electrons. The van der Waals surface area contributed by atoms with E-state index in [9.17, 15) is 4.79 Å². The van der Waals surface area contributed by atoms with E-state index in [1.165, 1.54) is 10.8 Å². The van der Waals surface area contributed by atoms with Gasteiger partial charge in [-0.15, -0.1) is 0 Å². The van der Waals surface area contributed by atoms with Crippen LogP contribution >= 0.6 is 0 Å². The number of carbonyl (C=O) groups excluding carboxylic acids is 1. The first kappa shape index (κ1) is 14.5. The van der Waals surface area contributed by atoms with Gasteiger partial charge in [0.25, 0.3) is 0 Å². The van der Waals surface area contributed by atoms with E-state index < -0.39 is 0 Å². The van der Waals surface area contributed by atoms with Gasteiger partial charge in [0, 0.05) is 6.42 Å². The van der Waals surface area contributed by atoms with Crippen LogP contribution in [0.4, 0.5) is 0 Å². The third-order valence-electron chi connectivity index (χ3n) is 3.48. The first-order valence-corrected chi connectivity index (χ1v) is 7.13. The number of hydrogen-bond donors (Lipinski definition) is 2. The summed E-state index contributed by atoms with van der Waals surface area (Å²) in [5.74, 6) is 0.112. The summed E-state index contributed by atoms with van der Waals surface area (Å²) in [6, 6.07) is 14.6. The minimum absolute atomic E-state index is 0.0432. The highest BCUT2D eigenvalue weighted by Crippen LogP contribution is 2.20. The third-order valence-corrected chi connectivity index (χ3v) is 3.48. The number of nitrogens with one attached hydrogen (secondary N) is 2. The molecule has 0 saturated carbocycles. The monoisotopic (exact) mass is 270 g/mol. The van der Waals surface area contributed by atoms with Crippen LogP contribution in [0.15, 0.2) is 42.5 Å². The zero-order valence-corrected chi connectivity index (χ0v) is 12.1. The summed E-state index contributed by atoms with van der Waals surface area (Å²) in [5, 5.41) is 8.54. The smallest absolute Gasteiger partial charge is 0.220 e. The minimum Gasteiger partial charge on any atom is -0.350 e. The van der Waals surface area contributed by atoms with Gasteiger partial charge >= 0.3 is 0 Å². The van der Waals surface area contributed by atoms with Crippen LogP contribution in [-0.2, 0) is 4.79 Å². The van der Waals surface area contributed by atoms with Crippen molar-refractivity contribution in [3.05, 3.63) is 48.0 Å². The molecule has 3 heteroatoms. The molecule has 0 heterocycles. The van der Waals surface area contributed by atoms with E-state index >= 15 is 0 Å². The predicted octanol–water partition coefficient (Wildman–Crippen LogP) is 3.02. The zero-order valence-electron chi connectivity index (χ0n) is 12.1. The van der Waals surface area contributed by atoms with Crippen LogP contribution in [0.3, 0.4) is 0 Å². The van der Waals surface area contributed by atoms with Crippen molar-refractivity contribution in [2.75, 3.05) is 13.6 Å². The summed E-state index contributed by atoms with van der Waals surface area (Å²) in [5.41, 5.74) is 1.14. The fraction of sp³-hybridized carbons (Fsp3) is 0.353. The second-order valence-electron chi connectivity index (χ2n) is 5.10. The van der Waals surface area contributed by atoms with E-state index in [4.69, 9.17) is 0 Å². The van der Waals surface area contributed by atoms with Crippen molar-refractivity contribution < 1.29 is 4.79 Å². The summed E-state index contributed by atoms with van der Waals surface area (Å²) in [6.45, 7) is 2.90. The molecular weight excluding hydrogens is 248 g/mol. The fourth-order valence-electron chi connectivity index (χ4n) is 2.30. The van der Waals surface area contributed by atoms with Crippen LogP contribution in [0.25, 0.3) is 10.8 Å². The maximum atomic E-state index is 11.8. The largest absolute Gasteiger partial charge is 0.350 e. The van der Waals surface area contributed by atoms with Crippen LogP contribution in [0, 0.1) is 0 Å². The molecule has 20 heavy (non-hydrogen) atoms. The molecule has 0 saturated heterocycles. The molecule has 0 fully saturated rings. The molecule has 0 aromatic heterocycles. The van der Waals surface area contributed by atoms with Crippen molar-refractivity contribution in [3.8, 4) is 0 Å². The number of benzene rings is 2. The lowest BCUT2D eigenvalue weighted by atomic mass is 10.0. The SMILES string of the molecule is CNCCCC(=O)NC(C)c1ccc2ccccc2c1. The normalized spacial score (nSPS) is 12.3. The average molecular weight is 270 g/mol. The van der Waals surface area contributed by atoms with Gasteiger partial charge in [0.2, 0.25) is 5.91 Å². The summed E-state index contributed by atoms with van der Waals surface area (Å²) < 4.78 is 0. The Balaban J connectivity index is 2.00. The summed E-state index contributed by atoms with van der Waals surface area (Å²) >= 11 is 0. The van der Waals surface area contributed by atoms with Gasteiger partial charge in [-0.2, -0.15) is 0 Å². The molecule has 1 unspecified atom stereocenters. The Morgan fingerprint density at radius 1 is 1.15 bits per heavy atom. The van der Waals surface area contributed by atoms with E-state index in [0.29, 0.717) is 6.42 Å². The standard InChI is InChI=1S/C17H22N2O/c1-13(19-17(20)8-5-11-18-2)15-10-9-14-6-3-4-7-16(14)12-15/h3-4,6-7,9-10,12-13,18H,5,8,11H2,1-2H3,(H,19,20). The van der Waals surface area contributed by atoms with Crippen molar-refractivity contribution in [2.24, 2.45) is 0 Å². The molecule has 2 aromatic rings. The summed E-state index contributed by atoms with van der Waals surface area (Å²) in [6.07, 6.45) is 1.44. The highest BCUT2D eigenvalue weighted by molar-refractivity contribution is 5.83. The predicted molar refractivity (Wildman–Crippen MR) is 83.7 cm³/mol. The van der Waals surface area contributed by atoms with Crippen molar-refractivity contribution in [3.63, 3.8) is 0 Å². The quantitative estimate of drug-likeness (QED) is 0.792. The van der Waals surface area contributed by atoms with E-state index in [-0.39, 0.29) is 11.9 Å². The van der Waals surface area contributed by atoms with Crippen LogP contribution in [0.2, 0.25) is 0 Å². The van der Waals surface area contributed by atoms with E-state index in [1.807, 2.05) is 26.1 Å². The number of carbonyl (C=O) groups is 1. The molecule has 0 spiro atoms. The number of rotatable bonds is 6. The van der Waals surface area contributed by atoms with Crippen molar-refractivity contribution in [1.82, 2.24) is 10.6 Å². The van der Waals surface area contributed by atoms with Gasteiger partial charge in [-0.05, 0) is 49.3 Å². The Morgan fingerprint density at radius 2 is 1.90 bits per heavy atom. The molecule has 0 aliphatic carbocycles. The Morgan fingerprint density at radius 3 is 2.65 bits per heavy atom. The third kappa shape index (κ3) is 3.81. The maximum Gasteiger partial charge on any atom is 0.220 e. The molecule has 106 valence electrons. The molecule has 0 bridgehead atoms. The number of amides is 1. The van der Waals surface area contributed by atoms with E-state index in [0.717, 1.165) is 18.5 Å². The fourth-order valence-corrected chi connectivity index (χ4v) is 2.30. The second-order valence-corrected chi connectivity index (χ2v) is 5.10. The maximum absolute atomic E-state index is 11.8. The molecule has 1 atom stereocenters. The van der Waals surface area contributed by atoms with E-state index in [1.54, 1.807) is 0 Å². The van der Waals surface area contributed by atoms with Gasteiger partial charge in [0.05, 0.1) is 6.04 Å². The molecule has 2 N–H and O–H groups in total. The first-order chi connectivity index (χ1) is 9.70. The van der Waals surface area contributed by atoms with Gasteiger partial charge in [-0.3, -0.25) is 4.79 Å². The lowest BCUT2D eigenvalue weighted by Crippen LogP contribution is -2.27. The molecule has 2 aromatic carbocycles. The highest BCUT2D eigenvalue weighted by Gasteiger charge is 2.09. The molecule has 0 aliphatic rings. The van der Waals surface area contributed by atoms with Crippen LogP contribution in [-0.4, -0.2) is 19.5 Å². The van der Waals surface area contributed by atoms with Crippen molar-refractivity contribution in [1.29, 1.82) is 0 Å². The van der Waals surface area contributed by atoms with Gasteiger partial charge in [-0.25, -0.2) is 0 Å². The van der Waals surface area contributed by atoms with Crippen LogP contribution < -0.4 is 10.6 Å². The molecule has 0 aliphatic heterocycles. The molecule has 2 rings (SSSR count). The lowest BCUT2D eigenvalue weighted by molar-refractivity contribution is -0.121. The van der Waals surface area contributed by atoms with Gasteiger partial charge in [-0.1, -0.05) is 36.4 Å². The lowest BCUT2D eigenvalue weighted by Gasteiger charge is -2.15. The summed E-state index contributed by atoms with van der Waals surface area (Å²) in [7, 11) is 1.90. The molecule has 3 nitrogen and oxygen atoms in total. The van der Waals surface area contributed by atoms with Gasteiger partial charge in [0.15, 0.2) is 0 Å². The van der Waals surface area contributed by atoms with Gasteiger partial charge < -0.3 is 10.6 Å². The Kier molecular flexibility index (Phi) is 5.13. The molecular formula is C17H22N2O. The second kappa shape index (κ2) is 7.06. The number of fused-ring (bicyclic) bond motifs is 1. The summed E-state index contributed by atoms with van der Waals surface area (Å²) in [4.78, 5) is 11.8. The van der Waals surface area contributed by atoms with Crippen LogP contribution in [0.5, 0.6) is 0 Å². The molecule has 1 amide bonds. The zero-order chi connectivity index (χ0) is 14.4. The van der Waals surface area contributed by atoms with Crippen molar-refractivity contribution >= 4 is 16.7 Å². The van der Waals surface area contributed by atoms with E-state index in [2.05, 4.69) is 41.0 Å². The Bertz CT molecular complexity index is 580. The highest BCUT2D eigenvalue weighted by atomic mass is 16.1. The minimum atomic E-state index is 0.0432. The first-order valence-electron chi connectivity index (χ1n) is 7.13. The topological polar surface area (TPSA) is 41.1 Å². The van der Waals surface area contributed by atoms with Crippen molar-refractivity contribution in [2.45, 2.75) is 25.8 Å². The number of hydrogen-bond acceptors (Lipinski definition) is 2. The Labute approximate surface area is 120 Å². The Hall–Kier alpha value is -1.87.